The molecular weight excluding hydrogens is 248 g/mol. The fraction of sp³-hybridized carbons (Fsp3) is 0.429. The van der Waals surface area contributed by atoms with Crippen LogP contribution in [0.3, 0.4) is 0 Å². The monoisotopic (exact) mass is 260 g/mol. The van der Waals surface area contributed by atoms with Gasteiger partial charge in [-0.3, -0.25) is 0 Å². The second-order valence-corrected chi connectivity index (χ2v) is 6.63. The van der Waals surface area contributed by atoms with Crippen LogP contribution in [0.2, 0.25) is 0 Å². The van der Waals surface area contributed by atoms with Gasteiger partial charge >= 0.3 is 0 Å². The minimum atomic E-state index is 0.404. The lowest BCUT2D eigenvalue weighted by molar-refractivity contribution is 0.525. The molecule has 4 atom stereocenters. The zero-order valence-corrected chi connectivity index (χ0v) is 10.1. The van der Waals surface area contributed by atoms with E-state index < -0.39 is 0 Å². The fourth-order valence-electron chi connectivity index (χ4n) is 3.96. The lowest BCUT2D eigenvalue weighted by Crippen LogP contribution is -2.23. The molecule has 0 spiro atoms. The Bertz CT molecular complexity index is 450. The molecule has 2 fully saturated rings. The first-order valence-corrected chi connectivity index (χ1v) is 6.49. The fourth-order valence-corrected chi connectivity index (χ4v) is 5.26. The van der Waals surface area contributed by atoms with E-state index in [1.165, 1.54) is 12.8 Å². The van der Waals surface area contributed by atoms with Gasteiger partial charge in [0.15, 0.2) is 0 Å². The van der Waals surface area contributed by atoms with E-state index in [4.69, 9.17) is 0 Å². The Balaban J connectivity index is 1.89. The van der Waals surface area contributed by atoms with Gasteiger partial charge in [-0.15, -0.1) is 0 Å². The van der Waals surface area contributed by atoms with Crippen molar-refractivity contribution in [2.75, 3.05) is 0 Å². The largest absolute Gasteiger partial charge is 0.0841 e. The third-order valence-electron chi connectivity index (χ3n) is 4.75. The minimum absolute atomic E-state index is 0.404. The first kappa shape index (κ1) is 8.58. The Morgan fingerprint density at radius 1 is 1.07 bits per heavy atom. The first-order chi connectivity index (χ1) is 7.27. The minimum Gasteiger partial charge on any atom is -0.0841 e. The van der Waals surface area contributed by atoms with Crippen molar-refractivity contribution in [1.29, 1.82) is 0 Å². The van der Waals surface area contributed by atoms with Crippen molar-refractivity contribution < 1.29 is 0 Å². The Morgan fingerprint density at radius 3 is 2.47 bits per heavy atom. The van der Waals surface area contributed by atoms with Gasteiger partial charge in [-0.1, -0.05) is 58.4 Å². The molecule has 0 heterocycles. The third-order valence-corrected chi connectivity index (χ3v) is 6.32. The van der Waals surface area contributed by atoms with Crippen molar-refractivity contribution in [2.45, 2.75) is 22.6 Å². The van der Waals surface area contributed by atoms with Crippen molar-refractivity contribution in [3.8, 4) is 0 Å². The molecule has 0 radical (unpaired) electrons. The summed E-state index contributed by atoms with van der Waals surface area (Å²) in [5, 5.41) is 0. The summed E-state index contributed by atoms with van der Waals surface area (Å²) in [6, 6.07) is 11.1. The number of hydrogen-bond acceptors (Lipinski definition) is 0. The summed E-state index contributed by atoms with van der Waals surface area (Å²) in [5.41, 5.74) is 1.98. The number of fused-ring (bicyclic) bond motifs is 5. The van der Waals surface area contributed by atoms with E-state index in [2.05, 4.69) is 58.4 Å². The van der Waals surface area contributed by atoms with Gasteiger partial charge in [0.05, 0.1) is 0 Å². The summed E-state index contributed by atoms with van der Waals surface area (Å²) in [6.45, 7) is 0. The second kappa shape index (κ2) is 2.40. The molecule has 0 aromatic heterocycles. The lowest BCUT2D eigenvalue weighted by Gasteiger charge is -2.23. The van der Waals surface area contributed by atoms with E-state index >= 15 is 0 Å². The van der Waals surface area contributed by atoms with E-state index in [9.17, 15) is 0 Å². The average molecular weight is 261 g/mol. The van der Waals surface area contributed by atoms with Crippen molar-refractivity contribution in [3.05, 3.63) is 48.0 Å². The summed E-state index contributed by atoms with van der Waals surface area (Å²) in [4.78, 5) is 0. The maximum Gasteiger partial charge on any atom is 0.0432 e. The SMILES string of the molecule is Br[C@@]12C[C@]1(c1ccccc1)[C@@H]1C=C[C@H]2C1. The number of halogens is 1. The highest BCUT2D eigenvalue weighted by Gasteiger charge is 2.77. The van der Waals surface area contributed by atoms with E-state index in [1.807, 2.05) is 0 Å². The number of benzene rings is 1. The van der Waals surface area contributed by atoms with Crippen molar-refractivity contribution in [1.82, 2.24) is 0 Å². The second-order valence-electron chi connectivity index (χ2n) is 5.21. The van der Waals surface area contributed by atoms with Crippen LogP contribution >= 0.6 is 15.9 Å². The molecule has 0 unspecified atom stereocenters. The quantitative estimate of drug-likeness (QED) is 0.534. The smallest absolute Gasteiger partial charge is 0.0432 e. The van der Waals surface area contributed by atoms with Gasteiger partial charge in [0.1, 0.15) is 0 Å². The van der Waals surface area contributed by atoms with Gasteiger partial charge in [0.25, 0.3) is 0 Å². The molecule has 76 valence electrons. The van der Waals surface area contributed by atoms with Crippen molar-refractivity contribution >= 4 is 15.9 Å². The van der Waals surface area contributed by atoms with Crippen LogP contribution in [0.1, 0.15) is 18.4 Å². The molecule has 1 aromatic carbocycles. The summed E-state index contributed by atoms with van der Waals surface area (Å²) in [5.74, 6) is 1.56. The molecule has 0 saturated heterocycles. The lowest BCUT2D eigenvalue weighted by atomic mass is 9.83. The summed E-state index contributed by atoms with van der Waals surface area (Å²) >= 11 is 4.02. The normalized spacial score (nSPS) is 49.4. The zero-order valence-electron chi connectivity index (χ0n) is 8.49. The van der Waals surface area contributed by atoms with Crippen molar-refractivity contribution in [3.63, 3.8) is 0 Å². The highest BCUT2D eigenvalue weighted by Crippen LogP contribution is 2.78. The van der Waals surface area contributed by atoms with E-state index in [0.717, 1.165) is 11.8 Å². The first-order valence-electron chi connectivity index (χ1n) is 5.70. The molecule has 0 nitrogen and oxygen atoms in total. The molecule has 15 heavy (non-hydrogen) atoms. The van der Waals surface area contributed by atoms with Gasteiger partial charge in [0, 0.05) is 9.74 Å². The Labute approximate surface area is 98.5 Å². The summed E-state index contributed by atoms with van der Waals surface area (Å²) in [6.07, 6.45) is 7.56. The predicted molar refractivity (Wildman–Crippen MR) is 65.1 cm³/mol. The van der Waals surface area contributed by atoms with Gasteiger partial charge < -0.3 is 0 Å². The van der Waals surface area contributed by atoms with Crippen LogP contribution in [0, 0.1) is 11.8 Å². The number of hydrogen-bond donors (Lipinski definition) is 0. The van der Waals surface area contributed by atoms with Crippen LogP contribution in [0.15, 0.2) is 42.5 Å². The van der Waals surface area contributed by atoms with Crippen LogP contribution in [-0.2, 0) is 5.41 Å². The molecule has 4 rings (SSSR count). The van der Waals surface area contributed by atoms with Gasteiger partial charge in [0.2, 0.25) is 0 Å². The molecule has 3 aliphatic rings. The van der Waals surface area contributed by atoms with Crippen LogP contribution < -0.4 is 0 Å². The highest BCUT2D eigenvalue weighted by molar-refractivity contribution is 9.10. The molecule has 0 amide bonds. The average Bonchev–Trinajstić information content (AvgIpc) is 2.64. The molecule has 2 bridgehead atoms. The zero-order chi connectivity index (χ0) is 10.1. The van der Waals surface area contributed by atoms with Crippen LogP contribution in [0.5, 0.6) is 0 Å². The maximum absolute atomic E-state index is 4.02. The molecule has 1 aromatic rings. The summed E-state index contributed by atoms with van der Waals surface area (Å²) < 4.78 is 0.404. The third kappa shape index (κ3) is 0.782. The maximum atomic E-state index is 4.02. The topological polar surface area (TPSA) is 0 Å². The number of rotatable bonds is 1. The van der Waals surface area contributed by atoms with E-state index in [1.54, 1.807) is 5.56 Å². The van der Waals surface area contributed by atoms with E-state index in [0.29, 0.717) is 9.74 Å². The number of alkyl halides is 1. The Kier molecular flexibility index (Phi) is 1.37. The van der Waals surface area contributed by atoms with Crippen molar-refractivity contribution in [2.24, 2.45) is 11.8 Å². The van der Waals surface area contributed by atoms with Gasteiger partial charge in [-0.25, -0.2) is 0 Å². The Morgan fingerprint density at radius 2 is 1.80 bits per heavy atom. The van der Waals surface area contributed by atoms with Gasteiger partial charge in [-0.2, -0.15) is 0 Å². The molecule has 2 saturated carbocycles. The summed E-state index contributed by atoms with van der Waals surface area (Å²) in [7, 11) is 0. The predicted octanol–water partition coefficient (Wildman–Crippen LogP) is 3.67. The van der Waals surface area contributed by atoms with Gasteiger partial charge in [-0.05, 0) is 30.2 Å². The van der Waals surface area contributed by atoms with Crippen LogP contribution in [-0.4, -0.2) is 4.32 Å². The Hall–Kier alpha value is -0.560. The number of allylic oxidation sites excluding steroid dienone is 2. The van der Waals surface area contributed by atoms with Crippen LogP contribution in [0.25, 0.3) is 0 Å². The standard InChI is InChI=1S/C14H13Br/c15-14-9-13(14,10-4-2-1-3-5-10)11-6-7-12(14)8-11/h1-7,11-12H,8-9H2/t11-,12+,13+,14-/m1/s1. The molecule has 3 aliphatic carbocycles. The molecular formula is C14H13Br. The molecule has 1 heteroatoms. The highest BCUT2D eigenvalue weighted by atomic mass is 79.9. The van der Waals surface area contributed by atoms with Crippen LogP contribution in [0.4, 0.5) is 0 Å². The molecule has 0 N–H and O–H groups in total. The molecule has 0 aliphatic heterocycles. The van der Waals surface area contributed by atoms with E-state index in [-0.39, 0.29) is 0 Å².